The second-order valence-corrected chi connectivity index (χ2v) is 5.16. The Morgan fingerprint density at radius 2 is 2.20 bits per heavy atom. The van der Waals surface area contributed by atoms with Crippen molar-refractivity contribution in [3.63, 3.8) is 0 Å². The molecule has 0 saturated heterocycles. The Labute approximate surface area is 111 Å². The van der Waals surface area contributed by atoms with Crippen LogP contribution in [0, 0.1) is 0 Å². The quantitative estimate of drug-likeness (QED) is 0.759. The van der Waals surface area contributed by atoms with E-state index in [-0.39, 0.29) is 5.91 Å². The summed E-state index contributed by atoms with van der Waals surface area (Å²) in [7, 11) is 1.75. The molecule has 0 heterocycles. The predicted octanol–water partition coefficient (Wildman–Crippen LogP) is 3.57. The number of alkyl halides is 1. The summed E-state index contributed by atoms with van der Waals surface area (Å²) in [5, 5.41) is 1.23. The van der Waals surface area contributed by atoms with Gasteiger partial charge in [0.2, 0.25) is 0 Å². The van der Waals surface area contributed by atoms with Gasteiger partial charge in [0.1, 0.15) is 0 Å². The largest absolute Gasteiger partial charge is 0.341 e. The molecule has 1 aromatic rings. The third kappa shape index (κ3) is 3.47. The molecule has 2 nitrogen and oxygen atoms in total. The first-order chi connectivity index (χ1) is 7.06. The Balaban J connectivity index is 2.95. The second kappa shape index (κ2) is 5.87. The molecule has 0 spiro atoms. The smallest absolute Gasteiger partial charge is 0.255 e. The Bertz CT molecular complexity index is 370. The molecule has 0 aliphatic carbocycles. The standard InChI is InChI=1S/C10H10Br2ClNO/c1-14(5-4-11)10(15)8-6-7(12)2-3-9(8)13/h2-3,6H,4-5H2,1H3. The van der Waals surface area contributed by atoms with Crippen molar-refractivity contribution >= 4 is 49.4 Å². The lowest BCUT2D eigenvalue weighted by Crippen LogP contribution is -2.28. The molecule has 82 valence electrons. The Morgan fingerprint density at radius 1 is 1.53 bits per heavy atom. The van der Waals surface area contributed by atoms with Crippen LogP contribution in [-0.2, 0) is 0 Å². The minimum atomic E-state index is -0.0687. The second-order valence-electron chi connectivity index (χ2n) is 3.04. The number of rotatable bonds is 3. The highest BCUT2D eigenvalue weighted by Gasteiger charge is 2.14. The first-order valence-electron chi connectivity index (χ1n) is 4.32. The highest BCUT2D eigenvalue weighted by atomic mass is 79.9. The monoisotopic (exact) mass is 353 g/mol. The predicted molar refractivity (Wildman–Crippen MR) is 69.9 cm³/mol. The van der Waals surface area contributed by atoms with Gasteiger partial charge in [0.15, 0.2) is 0 Å². The van der Waals surface area contributed by atoms with E-state index in [0.717, 1.165) is 9.80 Å². The average Bonchev–Trinajstić information content (AvgIpc) is 2.21. The van der Waals surface area contributed by atoms with Crippen LogP contribution in [0.3, 0.4) is 0 Å². The molecule has 0 atom stereocenters. The fraction of sp³-hybridized carbons (Fsp3) is 0.300. The molecular weight excluding hydrogens is 345 g/mol. The first kappa shape index (κ1) is 13.0. The molecule has 1 aromatic carbocycles. The van der Waals surface area contributed by atoms with Crippen molar-refractivity contribution < 1.29 is 4.79 Å². The van der Waals surface area contributed by atoms with Gasteiger partial charge in [-0.05, 0) is 18.2 Å². The number of carbonyl (C=O) groups is 1. The SMILES string of the molecule is CN(CCBr)C(=O)c1cc(Br)ccc1Cl. The van der Waals surface area contributed by atoms with E-state index >= 15 is 0 Å². The van der Waals surface area contributed by atoms with Gasteiger partial charge in [0.25, 0.3) is 5.91 Å². The van der Waals surface area contributed by atoms with E-state index in [2.05, 4.69) is 31.9 Å². The van der Waals surface area contributed by atoms with E-state index in [0.29, 0.717) is 17.1 Å². The van der Waals surface area contributed by atoms with E-state index < -0.39 is 0 Å². The van der Waals surface area contributed by atoms with Gasteiger partial charge in [0.05, 0.1) is 10.6 Å². The Hall–Kier alpha value is -0.0600. The maximum Gasteiger partial charge on any atom is 0.255 e. The summed E-state index contributed by atoms with van der Waals surface area (Å²) in [6.45, 7) is 0.654. The van der Waals surface area contributed by atoms with Gasteiger partial charge in [-0.3, -0.25) is 4.79 Å². The van der Waals surface area contributed by atoms with Crippen LogP contribution in [0.25, 0.3) is 0 Å². The zero-order chi connectivity index (χ0) is 11.4. The van der Waals surface area contributed by atoms with Gasteiger partial charge in [-0.15, -0.1) is 0 Å². The van der Waals surface area contributed by atoms with Crippen LogP contribution in [0.2, 0.25) is 5.02 Å². The van der Waals surface area contributed by atoms with E-state index in [1.807, 2.05) is 6.07 Å². The molecule has 0 unspecified atom stereocenters. The highest BCUT2D eigenvalue weighted by Crippen LogP contribution is 2.22. The number of hydrogen-bond donors (Lipinski definition) is 0. The van der Waals surface area contributed by atoms with Gasteiger partial charge in [-0.2, -0.15) is 0 Å². The van der Waals surface area contributed by atoms with Crippen LogP contribution < -0.4 is 0 Å². The molecule has 0 fully saturated rings. The van der Waals surface area contributed by atoms with Gasteiger partial charge in [-0.25, -0.2) is 0 Å². The molecule has 0 aliphatic heterocycles. The fourth-order valence-electron chi connectivity index (χ4n) is 1.10. The molecule has 0 bridgehead atoms. The van der Waals surface area contributed by atoms with E-state index in [1.54, 1.807) is 24.1 Å². The summed E-state index contributed by atoms with van der Waals surface area (Å²) < 4.78 is 0.850. The zero-order valence-electron chi connectivity index (χ0n) is 8.14. The van der Waals surface area contributed by atoms with Crippen LogP contribution in [0.15, 0.2) is 22.7 Å². The van der Waals surface area contributed by atoms with Gasteiger partial charge in [-0.1, -0.05) is 43.5 Å². The molecule has 0 aromatic heterocycles. The van der Waals surface area contributed by atoms with Crippen molar-refractivity contribution in [3.05, 3.63) is 33.3 Å². The lowest BCUT2D eigenvalue weighted by molar-refractivity contribution is 0.0804. The van der Waals surface area contributed by atoms with Crippen molar-refractivity contribution in [2.45, 2.75) is 0 Å². The minimum Gasteiger partial charge on any atom is -0.341 e. The summed E-state index contributed by atoms with van der Waals surface area (Å²) in [6.07, 6.45) is 0. The maximum absolute atomic E-state index is 11.9. The van der Waals surface area contributed by atoms with Crippen molar-refractivity contribution in [1.29, 1.82) is 0 Å². The zero-order valence-corrected chi connectivity index (χ0v) is 12.1. The number of benzene rings is 1. The molecule has 15 heavy (non-hydrogen) atoms. The Morgan fingerprint density at radius 3 is 2.80 bits per heavy atom. The molecule has 0 N–H and O–H groups in total. The third-order valence-electron chi connectivity index (χ3n) is 1.93. The number of hydrogen-bond acceptors (Lipinski definition) is 1. The van der Waals surface area contributed by atoms with Crippen LogP contribution in [0.5, 0.6) is 0 Å². The van der Waals surface area contributed by atoms with Crippen molar-refractivity contribution in [2.24, 2.45) is 0 Å². The molecule has 0 radical (unpaired) electrons. The number of amides is 1. The molecule has 5 heteroatoms. The van der Waals surface area contributed by atoms with E-state index in [9.17, 15) is 4.79 Å². The van der Waals surface area contributed by atoms with Crippen LogP contribution >= 0.6 is 43.5 Å². The van der Waals surface area contributed by atoms with Gasteiger partial charge < -0.3 is 4.90 Å². The van der Waals surface area contributed by atoms with Crippen LogP contribution in [-0.4, -0.2) is 29.7 Å². The van der Waals surface area contributed by atoms with Crippen molar-refractivity contribution in [2.75, 3.05) is 18.9 Å². The minimum absolute atomic E-state index is 0.0687. The summed E-state index contributed by atoms with van der Waals surface area (Å²) in [4.78, 5) is 13.5. The average molecular weight is 355 g/mol. The molecule has 0 aliphatic rings. The normalized spacial score (nSPS) is 10.1. The molecule has 1 amide bonds. The van der Waals surface area contributed by atoms with Crippen molar-refractivity contribution in [1.82, 2.24) is 4.90 Å². The fourth-order valence-corrected chi connectivity index (χ4v) is 2.19. The lowest BCUT2D eigenvalue weighted by Gasteiger charge is -2.16. The van der Waals surface area contributed by atoms with Crippen molar-refractivity contribution in [3.8, 4) is 0 Å². The van der Waals surface area contributed by atoms with Crippen LogP contribution in [0.4, 0.5) is 0 Å². The Kier molecular flexibility index (Phi) is 5.09. The molecular formula is C10H10Br2ClNO. The third-order valence-corrected chi connectivity index (χ3v) is 3.10. The molecule has 0 saturated carbocycles. The number of nitrogens with zero attached hydrogens (tertiary/aromatic N) is 1. The number of carbonyl (C=O) groups excluding carboxylic acids is 1. The summed E-state index contributed by atoms with van der Waals surface area (Å²) in [5.41, 5.74) is 0.523. The highest BCUT2D eigenvalue weighted by molar-refractivity contribution is 9.10. The van der Waals surface area contributed by atoms with Gasteiger partial charge >= 0.3 is 0 Å². The first-order valence-corrected chi connectivity index (χ1v) is 6.62. The summed E-state index contributed by atoms with van der Waals surface area (Å²) >= 11 is 12.6. The van der Waals surface area contributed by atoms with Gasteiger partial charge in [0, 0.05) is 23.4 Å². The topological polar surface area (TPSA) is 20.3 Å². The van der Waals surface area contributed by atoms with Crippen LogP contribution in [0.1, 0.15) is 10.4 Å². The van der Waals surface area contributed by atoms with E-state index in [1.165, 1.54) is 0 Å². The maximum atomic E-state index is 11.9. The number of halogens is 3. The summed E-state index contributed by atoms with van der Waals surface area (Å²) in [6, 6.07) is 5.25. The van der Waals surface area contributed by atoms with E-state index in [4.69, 9.17) is 11.6 Å². The molecule has 1 rings (SSSR count). The lowest BCUT2D eigenvalue weighted by atomic mass is 10.2. The summed E-state index contributed by atoms with van der Waals surface area (Å²) in [5.74, 6) is -0.0687.